The Morgan fingerprint density at radius 3 is 2.50 bits per heavy atom. The fraction of sp³-hybridized carbons (Fsp3) is 0.344. The summed E-state index contributed by atoms with van der Waals surface area (Å²) in [4.78, 5) is 37.2. The molecule has 0 aliphatic heterocycles. The second-order valence-electron chi connectivity index (χ2n) is 10.3. The number of nitrogens with zero attached hydrogens (tertiary/aromatic N) is 2. The van der Waals surface area contributed by atoms with E-state index >= 15 is 0 Å². The molecule has 1 saturated carbocycles. The number of benzene rings is 2. The molecule has 6 heteroatoms. The summed E-state index contributed by atoms with van der Waals surface area (Å²) in [6.45, 7) is 2.53. The Labute approximate surface area is 224 Å². The molecule has 0 saturated heterocycles. The van der Waals surface area contributed by atoms with Gasteiger partial charge in [0.05, 0.1) is 6.42 Å². The number of para-hydroxylation sites is 1. The largest absolute Gasteiger partial charge is 0.361 e. The summed E-state index contributed by atoms with van der Waals surface area (Å²) in [5, 5.41) is 4.33. The van der Waals surface area contributed by atoms with Crippen LogP contribution in [-0.2, 0) is 22.4 Å². The van der Waals surface area contributed by atoms with E-state index in [9.17, 15) is 9.59 Å². The van der Waals surface area contributed by atoms with Crippen LogP contribution in [0.2, 0.25) is 0 Å². The van der Waals surface area contributed by atoms with Gasteiger partial charge in [0.2, 0.25) is 11.8 Å². The van der Waals surface area contributed by atoms with Crippen molar-refractivity contribution in [1.82, 2.24) is 20.2 Å². The molecule has 38 heavy (non-hydrogen) atoms. The van der Waals surface area contributed by atoms with E-state index in [1.54, 1.807) is 17.3 Å². The minimum Gasteiger partial charge on any atom is -0.361 e. The lowest BCUT2D eigenvalue weighted by atomic mass is 9.94. The third-order valence-electron chi connectivity index (χ3n) is 7.75. The number of rotatable bonds is 9. The fourth-order valence-electron chi connectivity index (χ4n) is 5.62. The number of H-pyrrole nitrogens is 1. The van der Waals surface area contributed by atoms with E-state index in [0.29, 0.717) is 13.0 Å². The Morgan fingerprint density at radius 1 is 0.974 bits per heavy atom. The number of aromatic amines is 1. The molecular formula is C32H36N4O2. The van der Waals surface area contributed by atoms with Gasteiger partial charge in [0, 0.05) is 42.1 Å². The summed E-state index contributed by atoms with van der Waals surface area (Å²) in [5.41, 5.74) is 5.09. The lowest BCUT2D eigenvalue weighted by molar-refractivity contribution is -0.140. The maximum atomic E-state index is 14.1. The highest BCUT2D eigenvalue weighted by molar-refractivity contribution is 5.92. The quantitative estimate of drug-likeness (QED) is 0.306. The van der Waals surface area contributed by atoms with Crippen molar-refractivity contribution in [1.29, 1.82) is 0 Å². The molecule has 6 nitrogen and oxygen atoms in total. The van der Waals surface area contributed by atoms with E-state index in [4.69, 9.17) is 0 Å². The highest BCUT2D eigenvalue weighted by Crippen LogP contribution is 2.26. The number of hydrogen-bond donors (Lipinski definition) is 2. The van der Waals surface area contributed by atoms with Crippen molar-refractivity contribution in [3.05, 3.63) is 102 Å². The van der Waals surface area contributed by atoms with Crippen LogP contribution in [0.1, 0.15) is 60.4 Å². The summed E-state index contributed by atoms with van der Waals surface area (Å²) in [5.74, 6) is -0.177. The van der Waals surface area contributed by atoms with Gasteiger partial charge in [0.15, 0.2) is 0 Å². The Bertz CT molecular complexity index is 1370. The first-order chi connectivity index (χ1) is 18.6. The molecule has 2 aromatic carbocycles. The molecule has 2 amide bonds. The predicted molar refractivity (Wildman–Crippen MR) is 151 cm³/mol. The van der Waals surface area contributed by atoms with Gasteiger partial charge in [-0.05, 0) is 66.6 Å². The van der Waals surface area contributed by atoms with Crippen molar-refractivity contribution >= 4 is 22.7 Å². The van der Waals surface area contributed by atoms with Gasteiger partial charge < -0.3 is 15.2 Å². The Morgan fingerprint density at radius 2 is 1.71 bits per heavy atom. The van der Waals surface area contributed by atoms with Gasteiger partial charge in [0.25, 0.3) is 0 Å². The molecular weight excluding hydrogens is 472 g/mol. The number of carbonyl (C=O) groups excluding carboxylic acids is 2. The Balaban J connectivity index is 1.47. The number of pyridine rings is 1. The smallest absolute Gasteiger partial charge is 0.247 e. The third-order valence-corrected chi connectivity index (χ3v) is 7.75. The highest BCUT2D eigenvalue weighted by Gasteiger charge is 2.33. The molecule has 2 N–H and O–H groups in total. The molecule has 0 unspecified atom stereocenters. The Hall–Kier alpha value is -3.93. The van der Waals surface area contributed by atoms with Gasteiger partial charge in [-0.15, -0.1) is 0 Å². The zero-order valence-corrected chi connectivity index (χ0v) is 22.0. The maximum Gasteiger partial charge on any atom is 0.247 e. The highest BCUT2D eigenvalue weighted by atomic mass is 16.2. The lowest BCUT2D eigenvalue weighted by Gasteiger charge is -2.33. The van der Waals surface area contributed by atoms with Gasteiger partial charge in [0.1, 0.15) is 6.04 Å². The zero-order valence-electron chi connectivity index (χ0n) is 22.0. The molecule has 1 fully saturated rings. The third kappa shape index (κ3) is 5.96. The van der Waals surface area contributed by atoms with Crippen LogP contribution in [0.5, 0.6) is 0 Å². The van der Waals surface area contributed by atoms with E-state index in [0.717, 1.165) is 47.7 Å². The average molecular weight is 509 g/mol. The van der Waals surface area contributed by atoms with Gasteiger partial charge in [-0.2, -0.15) is 0 Å². The molecule has 0 spiro atoms. The number of carbonyl (C=O) groups is 2. The molecule has 0 bridgehead atoms. The summed E-state index contributed by atoms with van der Waals surface area (Å²) in [6, 6.07) is 19.4. The minimum atomic E-state index is -0.721. The zero-order chi connectivity index (χ0) is 26.3. The van der Waals surface area contributed by atoms with Crippen LogP contribution in [0.4, 0.5) is 0 Å². The van der Waals surface area contributed by atoms with Crippen LogP contribution in [0.3, 0.4) is 0 Å². The van der Waals surface area contributed by atoms with E-state index in [-0.39, 0.29) is 24.3 Å². The van der Waals surface area contributed by atoms with Crippen LogP contribution in [0, 0.1) is 6.92 Å². The monoisotopic (exact) mass is 508 g/mol. The van der Waals surface area contributed by atoms with Crippen molar-refractivity contribution in [3.63, 3.8) is 0 Å². The van der Waals surface area contributed by atoms with Crippen LogP contribution < -0.4 is 5.32 Å². The second kappa shape index (κ2) is 12.1. The number of hydrogen-bond acceptors (Lipinski definition) is 3. The molecule has 196 valence electrons. The number of aromatic nitrogens is 2. The van der Waals surface area contributed by atoms with Crippen LogP contribution in [0.25, 0.3) is 10.9 Å². The van der Waals surface area contributed by atoms with Gasteiger partial charge >= 0.3 is 0 Å². The number of amides is 2. The SMILES string of the molecule is Cc1ccccc1CCN(C(=O)Cc1c[nH]c2ccccc12)[C@@H](C(=O)NC1CCCCC1)c1ccncc1. The van der Waals surface area contributed by atoms with E-state index in [1.165, 1.54) is 17.5 Å². The van der Waals surface area contributed by atoms with Crippen molar-refractivity contribution in [2.24, 2.45) is 0 Å². The van der Waals surface area contributed by atoms with Crippen LogP contribution in [-0.4, -0.2) is 39.3 Å². The van der Waals surface area contributed by atoms with Crippen molar-refractivity contribution in [3.8, 4) is 0 Å². The molecule has 0 radical (unpaired) electrons. The first-order valence-electron chi connectivity index (χ1n) is 13.7. The van der Waals surface area contributed by atoms with Gasteiger partial charge in [-0.25, -0.2) is 0 Å². The number of nitrogens with one attached hydrogen (secondary N) is 2. The predicted octanol–water partition coefficient (Wildman–Crippen LogP) is 5.68. The molecule has 1 atom stereocenters. The standard InChI is InChI=1S/C32H36N4O2/c1-23-9-5-6-10-24(23)17-20-36(30(37)21-26-22-34-29-14-8-7-13-28(26)29)31(25-15-18-33-19-16-25)32(38)35-27-11-3-2-4-12-27/h5-10,13-16,18-19,22,27,31,34H,2-4,11-12,17,20-21H2,1H3,(H,35,38)/t31-/m1/s1. The first-order valence-corrected chi connectivity index (χ1v) is 13.7. The molecule has 2 aromatic heterocycles. The minimum absolute atomic E-state index is 0.0658. The molecule has 2 heterocycles. The second-order valence-corrected chi connectivity index (χ2v) is 10.3. The van der Waals surface area contributed by atoms with Crippen LogP contribution >= 0.6 is 0 Å². The summed E-state index contributed by atoms with van der Waals surface area (Å²) in [6.07, 6.45) is 11.6. The van der Waals surface area contributed by atoms with E-state index in [1.807, 2.05) is 54.7 Å². The topological polar surface area (TPSA) is 78.1 Å². The van der Waals surface area contributed by atoms with Gasteiger partial charge in [-0.1, -0.05) is 61.7 Å². The lowest BCUT2D eigenvalue weighted by Crippen LogP contribution is -2.48. The normalized spacial score (nSPS) is 14.8. The summed E-state index contributed by atoms with van der Waals surface area (Å²) >= 11 is 0. The molecule has 1 aliphatic rings. The molecule has 5 rings (SSSR count). The number of aryl methyl sites for hydroxylation is 1. The average Bonchev–Trinajstić information content (AvgIpc) is 3.35. The molecule has 4 aromatic rings. The Kier molecular flexibility index (Phi) is 8.17. The van der Waals surface area contributed by atoms with E-state index < -0.39 is 6.04 Å². The van der Waals surface area contributed by atoms with Gasteiger partial charge in [-0.3, -0.25) is 14.6 Å². The van der Waals surface area contributed by atoms with Crippen molar-refractivity contribution in [2.45, 2.75) is 64.0 Å². The first kappa shape index (κ1) is 25.7. The van der Waals surface area contributed by atoms with Crippen molar-refractivity contribution in [2.75, 3.05) is 6.54 Å². The maximum absolute atomic E-state index is 14.1. The van der Waals surface area contributed by atoms with Crippen molar-refractivity contribution < 1.29 is 9.59 Å². The fourth-order valence-corrected chi connectivity index (χ4v) is 5.62. The summed E-state index contributed by atoms with van der Waals surface area (Å²) in [7, 11) is 0. The summed E-state index contributed by atoms with van der Waals surface area (Å²) < 4.78 is 0. The number of fused-ring (bicyclic) bond motifs is 1. The van der Waals surface area contributed by atoms with Crippen LogP contribution in [0.15, 0.2) is 79.3 Å². The van der Waals surface area contributed by atoms with E-state index in [2.05, 4.69) is 34.3 Å². The molecule has 1 aliphatic carbocycles.